The molecule has 1 aromatic heterocycles. The smallest absolute Gasteiger partial charge is 0.113 e. The average Bonchev–Trinajstić information content (AvgIpc) is 2.83. The van der Waals surface area contributed by atoms with Crippen LogP contribution in [0.25, 0.3) is 10.2 Å². The van der Waals surface area contributed by atoms with E-state index in [0.717, 1.165) is 20.7 Å². The lowest BCUT2D eigenvalue weighted by Crippen LogP contribution is -1.99. The first-order valence-electron chi connectivity index (χ1n) is 5.76. The van der Waals surface area contributed by atoms with E-state index >= 15 is 0 Å². The third kappa shape index (κ3) is 2.76. The molecular weight excluding hydrogens is 344 g/mol. The minimum atomic E-state index is 0.693. The van der Waals surface area contributed by atoms with Crippen molar-refractivity contribution in [3.05, 3.63) is 57.0 Å². The van der Waals surface area contributed by atoms with Crippen molar-refractivity contribution in [2.45, 2.75) is 6.54 Å². The Morgan fingerprint density at radius 2 is 2.00 bits per heavy atom. The molecule has 0 aliphatic rings. The molecule has 0 fully saturated rings. The number of fused-ring (bicyclic) bond motifs is 1. The summed E-state index contributed by atoms with van der Waals surface area (Å²) in [5.41, 5.74) is 2.03. The van der Waals surface area contributed by atoms with Crippen LogP contribution in [-0.2, 0) is 6.54 Å². The largest absolute Gasteiger partial charge is 0.378 e. The van der Waals surface area contributed by atoms with Gasteiger partial charge in [-0.1, -0.05) is 29.8 Å². The van der Waals surface area contributed by atoms with E-state index in [1.807, 2.05) is 36.4 Å². The van der Waals surface area contributed by atoms with Crippen LogP contribution in [0.2, 0.25) is 5.02 Å². The highest BCUT2D eigenvalue weighted by atomic mass is 79.9. The Labute approximate surface area is 128 Å². The van der Waals surface area contributed by atoms with Gasteiger partial charge in [-0.2, -0.15) is 0 Å². The standard InChI is InChI=1S/C14H10BrClN2S/c15-14-9(16)4-3-6-11(14)17-8-13-18-10-5-1-2-7-12(10)19-13/h1-7,17H,8H2. The molecule has 1 heterocycles. The number of halogens is 2. The maximum atomic E-state index is 6.06. The number of para-hydroxylation sites is 1. The van der Waals surface area contributed by atoms with Crippen molar-refractivity contribution in [2.75, 3.05) is 5.32 Å². The molecule has 5 heteroatoms. The molecule has 3 rings (SSSR count). The van der Waals surface area contributed by atoms with Gasteiger partial charge in [0.1, 0.15) is 5.01 Å². The Kier molecular flexibility index (Phi) is 3.73. The summed E-state index contributed by atoms with van der Waals surface area (Å²) in [6.07, 6.45) is 0. The van der Waals surface area contributed by atoms with Crippen LogP contribution in [0.4, 0.5) is 5.69 Å². The van der Waals surface area contributed by atoms with Crippen molar-refractivity contribution in [3.8, 4) is 0 Å². The summed E-state index contributed by atoms with van der Waals surface area (Å²) in [6, 6.07) is 13.9. The fourth-order valence-electron chi connectivity index (χ4n) is 1.81. The second-order valence-corrected chi connectivity index (χ2v) is 6.35. The van der Waals surface area contributed by atoms with Gasteiger partial charge in [-0.25, -0.2) is 4.98 Å². The van der Waals surface area contributed by atoms with Crippen molar-refractivity contribution < 1.29 is 0 Å². The Morgan fingerprint density at radius 1 is 1.16 bits per heavy atom. The molecule has 96 valence electrons. The second kappa shape index (κ2) is 5.49. The van der Waals surface area contributed by atoms with Crippen molar-refractivity contribution in [1.82, 2.24) is 4.98 Å². The first-order valence-corrected chi connectivity index (χ1v) is 7.75. The quantitative estimate of drug-likeness (QED) is 0.689. The minimum Gasteiger partial charge on any atom is -0.378 e. The molecule has 3 aromatic rings. The van der Waals surface area contributed by atoms with E-state index in [9.17, 15) is 0 Å². The summed E-state index contributed by atoms with van der Waals surface area (Å²) < 4.78 is 2.10. The second-order valence-electron chi connectivity index (χ2n) is 4.03. The van der Waals surface area contributed by atoms with E-state index in [0.29, 0.717) is 11.6 Å². The van der Waals surface area contributed by atoms with Crippen molar-refractivity contribution in [2.24, 2.45) is 0 Å². The highest BCUT2D eigenvalue weighted by Crippen LogP contribution is 2.31. The van der Waals surface area contributed by atoms with Crippen molar-refractivity contribution >= 4 is 54.8 Å². The van der Waals surface area contributed by atoms with Gasteiger partial charge in [0, 0.05) is 0 Å². The fourth-order valence-corrected chi connectivity index (χ4v) is 3.29. The van der Waals surface area contributed by atoms with Crippen molar-refractivity contribution in [1.29, 1.82) is 0 Å². The molecule has 19 heavy (non-hydrogen) atoms. The van der Waals surface area contributed by atoms with Gasteiger partial charge < -0.3 is 5.32 Å². The third-order valence-electron chi connectivity index (χ3n) is 2.72. The Balaban J connectivity index is 1.80. The number of hydrogen-bond donors (Lipinski definition) is 1. The highest BCUT2D eigenvalue weighted by Gasteiger charge is 2.06. The number of hydrogen-bond acceptors (Lipinski definition) is 3. The van der Waals surface area contributed by atoms with Gasteiger partial charge in [0.25, 0.3) is 0 Å². The summed E-state index contributed by atoms with van der Waals surface area (Å²) in [5.74, 6) is 0. The van der Waals surface area contributed by atoms with Crippen LogP contribution in [-0.4, -0.2) is 4.98 Å². The number of aromatic nitrogens is 1. The Bertz CT molecular complexity index is 693. The van der Waals surface area contributed by atoms with Gasteiger partial charge in [-0.15, -0.1) is 11.3 Å². The SMILES string of the molecule is Clc1cccc(NCc2nc3ccccc3s2)c1Br. The van der Waals surface area contributed by atoms with Crippen LogP contribution in [0, 0.1) is 0 Å². The van der Waals surface area contributed by atoms with E-state index in [1.54, 1.807) is 11.3 Å². The molecular formula is C14H10BrClN2S. The minimum absolute atomic E-state index is 0.693. The van der Waals surface area contributed by atoms with Crippen LogP contribution >= 0.6 is 38.9 Å². The van der Waals surface area contributed by atoms with Gasteiger partial charge in [0.2, 0.25) is 0 Å². The number of benzene rings is 2. The zero-order chi connectivity index (χ0) is 13.2. The summed E-state index contributed by atoms with van der Waals surface area (Å²) >= 11 is 11.2. The van der Waals surface area contributed by atoms with E-state index < -0.39 is 0 Å². The molecule has 0 saturated heterocycles. The summed E-state index contributed by atoms with van der Waals surface area (Å²) in [6.45, 7) is 0.693. The number of thiazole rings is 1. The molecule has 0 amide bonds. The normalized spacial score (nSPS) is 10.8. The van der Waals surface area contributed by atoms with Crippen molar-refractivity contribution in [3.63, 3.8) is 0 Å². The average molecular weight is 354 g/mol. The molecule has 0 aliphatic carbocycles. The number of nitrogens with zero attached hydrogens (tertiary/aromatic N) is 1. The first kappa shape index (κ1) is 12.9. The lowest BCUT2D eigenvalue weighted by molar-refractivity contribution is 1.12. The number of anilines is 1. The zero-order valence-electron chi connectivity index (χ0n) is 9.86. The van der Waals surface area contributed by atoms with Crippen LogP contribution in [0.1, 0.15) is 5.01 Å². The van der Waals surface area contributed by atoms with Gasteiger partial charge in [-0.05, 0) is 40.2 Å². The van der Waals surface area contributed by atoms with Crippen LogP contribution in [0.15, 0.2) is 46.9 Å². The molecule has 2 nitrogen and oxygen atoms in total. The lowest BCUT2D eigenvalue weighted by atomic mass is 10.3. The maximum Gasteiger partial charge on any atom is 0.113 e. The predicted molar refractivity (Wildman–Crippen MR) is 86.1 cm³/mol. The predicted octanol–water partition coefficient (Wildman–Crippen LogP) is 5.32. The summed E-state index contributed by atoms with van der Waals surface area (Å²) in [5, 5.41) is 5.11. The van der Waals surface area contributed by atoms with Crippen LogP contribution < -0.4 is 5.32 Å². The molecule has 0 bridgehead atoms. The number of nitrogens with one attached hydrogen (secondary N) is 1. The Hall–Kier alpha value is -1.10. The summed E-state index contributed by atoms with van der Waals surface area (Å²) in [7, 11) is 0. The summed E-state index contributed by atoms with van der Waals surface area (Å²) in [4.78, 5) is 4.59. The molecule has 0 aliphatic heterocycles. The number of rotatable bonds is 3. The van der Waals surface area contributed by atoms with Gasteiger partial charge in [0.05, 0.1) is 31.9 Å². The maximum absolute atomic E-state index is 6.06. The van der Waals surface area contributed by atoms with E-state index in [1.165, 1.54) is 4.70 Å². The van der Waals surface area contributed by atoms with E-state index in [4.69, 9.17) is 11.6 Å². The zero-order valence-corrected chi connectivity index (χ0v) is 13.0. The fraction of sp³-hybridized carbons (Fsp3) is 0.0714. The first-order chi connectivity index (χ1) is 9.24. The molecule has 0 spiro atoms. The molecule has 0 radical (unpaired) electrons. The van der Waals surface area contributed by atoms with Gasteiger partial charge in [0.15, 0.2) is 0 Å². The highest BCUT2D eigenvalue weighted by molar-refractivity contribution is 9.10. The lowest BCUT2D eigenvalue weighted by Gasteiger charge is -2.07. The van der Waals surface area contributed by atoms with E-state index in [2.05, 4.69) is 32.3 Å². The molecule has 2 aromatic carbocycles. The van der Waals surface area contributed by atoms with Crippen LogP contribution in [0.5, 0.6) is 0 Å². The van der Waals surface area contributed by atoms with Gasteiger partial charge >= 0.3 is 0 Å². The third-order valence-corrected chi connectivity index (χ3v) is 5.15. The molecule has 1 N–H and O–H groups in total. The molecule has 0 saturated carbocycles. The molecule has 0 atom stereocenters. The van der Waals surface area contributed by atoms with Gasteiger partial charge in [-0.3, -0.25) is 0 Å². The van der Waals surface area contributed by atoms with E-state index in [-0.39, 0.29) is 0 Å². The monoisotopic (exact) mass is 352 g/mol. The Morgan fingerprint density at radius 3 is 2.84 bits per heavy atom. The molecule has 0 unspecified atom stereocenters. The van der Waals surface area contributed by atoms with Crippen LogP contribution in [0.3, 0.4) is 0 Å². The topological polar surface area (TPSA) is 24.9 Å².